The van der Waals surface area contributed by atoms with Crippen molar-refractivity contribution in [2.24, 2.45) is 5.92 Å². The first kappa shape index (κ1) is 8.54. The van der Waals surface area contributed by atoms with E-state index in [1.807, 2.05) is 19.2 Å². The molecule has 1 atom stereocenters. The minimum absolute atomic E-state index is 0.600. The maximum absolute atomic E-state index is 4.25. The molecule has 0 bridgehead atoms. The van der Waals surface area contributed by atoms with E-state index in [0.717, 1.165) is 11.6 Å². The lowest BCUT2D eigenvalue weighted by Crippen LogP contribution is -2.18. The number of rotatable bonds is 3. The topological polar surface area (TPSA) is 24.9 Å². The van der Waals surface area contributed by atoms with Gasteiger partial charge in [0.2, 0.25) is 0 Å². The molecule has 1 fully saturated rings. The van der Waals surface area contributed by atoms with Gasteiger partial charge in [-0.25, -0.2) is 0 Å². The van der Waals surface area contributed by atoms with Gasteiger partial charge in [0.05, 0.1) is 11.4 Å². The van der Waals surface area contributed by atoms with Crippen molar-refractivity contribution in [2.45, 2.75) is 32.7 Å². The molecular formula is C11H16N2. The van der Waals surface area contributed by atoms with Crippen LogP contribution >= 0.6 is 0 Å². The number of nitrogens with one attached hydrogen (secondary N) is 1. The smallest absolute Gasteiger partial charge is 0.0603 e. The molecule has 0 amide bonds. The van der Waals surface area contributed by atoms with E-state index in [9.17, 15) is 0 Å². The first-order chi connectivity index (χ1) is 6.27. The number of aryl methyl sites for hydroxylation is 1. The van der Waals surface area contributed by atoms with Crippen LogP contribution in [0.3, 0.4) is 0 Å². The summed E-state index contributed by atoms with van der Waals surface area (Å²) >= 11 is 0. The van der Waals surface area contributed by atoms with Crippen LogP contribution in [0.15, 0.2) is 18.3 Å². The minimum Gasteiger partial charge on any atom is -0.381 e. The first-order valence-corrected chi connectivity index (χ1v) is 4.95. The van der Waals surface area contributed by atoms with Gasteiger partial charge < -0.3 is 5.32 Å². The molecule has 13 heavy (non-hydrogen) atoms. The lowest BCUT2D eigenvalue weighted by Gasteiger charge is -2.15. The van der Waals surface area contributed by atoms with Gasteiger partial charge in [0, 0.05) is 12.2 Å². The zero-order valence-corrected chi connectivity index (χ0v) is 8.25. The van der Waals surface area contributed by atoms with E-state index in [4.69, 9.17) is 0 Å². The maximum Gasteiger partial charge on any atom is 0.0603 e. The lowest BCUT2D eigenvalue weighted by molar-refractivity contribution is 0.693. The molecule has 70 valence electrons. The van der Waals surface area contributed by atoms with Crippen molar-refractivity contribution in [3.05, 3.63) is 24.0 Å². The minimum atomic E-state index is 0.600. The van der Waals surface area contributed by atoms with E-state index in [1.54, 1.807) is 0 Å². The Morgan fingerprint density at radius 1 is 1.54 bits per heavy atom. The van der Waals surface area contributed by atoms with Crippen molar-refractivity contribution in [3.8, 4) is 0 Å². The Balaban J connectivity index is 2.03. The fraction of sp³-hybridized carbons (Fsp3) is 0.545. The molecule has 0 saturated heterocycles. The largest absolute Gasteiger partial charge is 0.381 e. The summed E-state index contributed by atoms with van der Waals surface area (Å²) in [6, 6.07) is 4.68. The third kappa shape index (κ3) is 2.00. The number of pyridine rings is 1. The fourth-order valence-electron chi connectivity index (χ4n) is 1.60. The second kappa shape index (κ2) is 3.36. The molecule has 1 aromatic heterocycles. The Bertz CT molecular complexity index is 292. The van der Waals surface area contributed by atoms with Crippen molar-refractivity contribution < 1.29 is 0 Å². The summed E-state index contributed by atoms with van der Waals surface area (Å²) in [4.78, 5) is 4.25. The van der Waals surface area contributed by atoms with Crippen LogP contribution < -0.4 is 5.32 Å². The number of hydrogen-bond acceptors (Lipinski definition) is 2. The van der Waals surface area contributed by atoms with E-state index in [1.165, 1.54) is 18.5 Å². The summed E-state index contributed by atoms with van der Waals surface area (Å²) in [5, 5.41) is 3.51. The number of hydrogen-bond donors (Lipinski definition) is 1. The van der Waals surface area contributed by atoms with Gasteiger partial charge in [-0.05, 0) is 44.7 Å². The molecule has 0 radical (unpaired) electrons. The second-order valence-corrected chi connectivity index (χ2v) is 3.91. The Kier molecular flexibility index (Phi) is 2.21. The normalized spacial score (nSPS) is 18.3. The summed E-state index contributed by atoms with van der Waals surface area (Å²) in [5.74, 6) is 0.889. The number of anilines is 1. The number of nitrogens with zero attached hydrogens (tertiary/aromatic N) is 1. The van der Waals surface area contributed by atoms with Crippen molar-refractivity contribution in [1.29, 1.82) is 0 Å². The van der Waals surface area contributed by atoms with Gasteiger partial charge in [-0.2, -0.15) is 0 Å². The average molecular weight is 176 g/mol. The monoisotopic (exact) mass is 176 g/mol. The van der Waals surface area contributed by atoms with E-state index in [0.29, 0.717) is 6.04 Å². The van der Waals surface area contributed by atoms with Gasteiger partial charge in [-0.3, -0.25) is 4.98 Å². The Labute approximate surface area is 79.4 Å². The summed E-state index contributed by atoms with van der Waals surface area (Å²) in [7, 11) is 0. The van der Waals surface area contributed by atoms with Crippen LogP contribution in [0.25, 0.3) is 0 Å². The van der Waals surface area contributed by atoms with Gasteiger partial charge >= 0.3 is 0 Å². The molecule has 1 N–H and O–H groups in total. The summed E-state index contributed by atoms with van der Waals surface area (Å²) in [6.45, 7) is 4.30. The Morgan fingerprint density at radius 3 is 2.92 bits per heavy atom. The third-order valence-corrected chi connectivity index (χ3v) is 2.72. The second-order valence-electron chi connectivity index (χ2n) is 3.91. The molecule has 2 rings (SSSR count). The predicted octanol–water partition coefficient (Wildman–Crippen LogP) is 2.60. The Morgan fingerprint density at radius 2 is 2.31 bits per heavy atom. The highest BCUT2D eigenvalue weighted by Crippen LogP contribution is 2.34. The highest BCUT2D eigenvalue weighted by atomic mass is 14.9. The summed E-state index contributed by atoms with van der Waals surface area (Å²) in [5.41, 5.74) is 2.27. The number of aromatic nitrogens is 1. The molecule has 1 heterocycles. The Hall–Kier alpha value is -1.05. The van der Waals surface area contributed by atoms with E-state index in [-0.39, 0.29) is 0 Å². The van der Waals surface area contributed by atoms with Gasteiger partial charge in [-0.1, -0.05) is 0 Å². The molecule has 2 heteroatoms. The molecule has 2 nitrogen and oxygen atoms in total. The molecule has 0 aliphatic heterocycles. The van der Waals surface area contributed by atoms with E-state index >= 15 is 0 Å². The van der Waals surface area contributed by atoms with Crippen molar-refractivity contribution in [2.75, 3.05) is 5.32 Å². The van der Waals surface area contributed by atoms with Crippen molar-refractivity contribution in [3.63, 3.8) is 0 Å². The lowest BCUT2D eigenvalue weighted by atomic mass is 10.2. The molecule has 0 aromatic carbocycles. The fourth-order valence-corrected chi connectivity index (χ4v) is 1.60. The molecular weight excluding hydrogens is 160 g/mol. The van der Waals surface area contributed by atoms with Crippen LogP contribution in [0.2, 0.25) is 0 Å². The molecule has 1 aliphatic carbocycles. The van der Waals surface area contributed by atoms with Crippen LogP contribution in [-0.4, -0.2) is 11.0 Å². The summed E-state index contributed by atoms with van der Waals surface area (Å²) in [6.07, 6.45) is 4.60. The zero-order valence-electron chi connectivity index (χ0n) is 8.25. The first-order valence-electron chi connectivity index (χ1n) is 4.95. The molecule has 0 spiro atoms. The van der Waals surface area contributed by atoms with Crippen LogP contribution in [0, 0.1) is 12.8 Å². The zero-order chi connectivity index (χ0) is 9.26. The summed E-state index contributed by atoms with van der Waals surface area (Å²) < 4.78 is 0. The molecule has 1 aromatic rings. The third-order valence-electron chi connectivity index (χ3n) is 2.72. The van der Waals surface area contributed by atoms with E-state index < -0.39 is 0 Å². The van der Waals surface area contributed by atoms with Gasteiger partial charge in [0.25, 0.3) is 0 Å². The van der Waals surface area contributed by atoms with Crippen LogP contribution in [0.1, 0.15) is 25.5 Å². The SMILES string of the molecule is Cc1ncccc1N[C@H](C)C1CC1. The van der Waals surface area contributed by atoms with Crippen LogP contribution in [-0.2, 0) is 0 Å². The average Bonchev–Trinajstić information content (AvgIpc) is 2.91. The van der Waals surface area contributed by atoms with Gasteiger partial charge in [0.1, 0.15) is 0 Å². The predicted molar refractivity (Wildman–Crippen MR) is 54.8 cm³/mol. The maximum atomic E-state index is 4.25. The van der Waals surface area contributed by atoms with Crippen molar-refractivity contribution >= 4 is 5.69 Å². The van der Waals surface area contributed by atoms with E-state index in [2.05, 4.69) is 23.3 Å². The molecule has 0 unspecified atom stereocenters. The van der Waals surface area contributed by atoms with Gasteiger partial charge in [-0.15, -0.1) is 0 Å². The molecule has 1 saturated carbocycles. The molecule has 1 aliphatic rings. The van der Waals surface area contributed by atoms with Crippen molar-refractivity contribution in [1.82, 2.24) is 4.98 Å². The standard InChI is InChI=1S/C11H16N2/c1-8(10-5-6-10)13-11-4-3-7-12-9(11)2/h3-4,7-8,10,13H,5-6H2,1-2H3/t8-/m1/s1. The van der Waals surface area contributed by atoms with Gasteiger partial charge in [0.15, 0.2) is 0 Å². The van der Waals surface area contributed by atoms with Crippen LogP contribution in [0.4, 0.5) is 5.69 Å². The van der Waals surface area contributed by atoms with Crippen LogP contribution in [0.5, 0.6) is 0 Å². The quantitative estimate of drug-likeness (QED) is 0.765. The highest BCUT2D eigenvalue weighted by Gasteiger charge is 2.27. The highest BCUT2D eigenvalue weighted by molar-refractivity contribution is 5.47.